The van der Waals surface area contributed by atoms with Crippen LogP contribution in [0.5, 0.6) is 0 Å². The molecule has 2 amide bonds. The fourth-order valence-corrected chi connectivity index (χ4v) is 1.88. The molecule has 2 N–H and O–H groups in total. The van der Waals surface area contributed by atoms with Gasteiger partial charge < -0.3 is 10.6 Å². The van der Waals surface area contributed by atoms with Crippen LogP contribution in [0.2, 0.25) is 0 Å². The zero-order valence-corrected chi connectivity index (χ0v) is 12.2. The van der Waals surface area contributed by atoms with Crippen LogP contribution in [-0.4, -0.2) is 18.4 Å². The molecule has 0 saturated carbocycles. The van der Waals surface area contributed by atoms with Crippen molar-refractivity contribution in [3.63, 3.8) is 0 Å². The molecule has 0 fully saturated rings. The highest BCUT2D eigenvalue weighted by molar-refractivity contribution is 6.05. The number of hydrogen-bond acceptors (Lipinski definition) is 2. The Labute approximate surface area is 128 Å². The molecule has 2 aromatic carbocycles. The van der Waals surface area contributed by atoms with E-state index in [-0.39, 0.29) is 11.8 Å². The topological polar surface area (TPSA) is 58.2 Å². The van der Waals surface area contributed by atoms with Gasteiger partial charge in [-0.15, -0.1) is 0 Å². The Morgan fingerprint density at radius 3 is 2.23 bits per heavy atom. The predicted octanol–water partition coefficient (Wildman–Crippen LogP) is 3.22. The average molecular weight is 300 g/mol. The summed E-state index contributed by atoms with van der Waals surface area (Å²) < 4.78 is 13.1. The number of nitrogens with one attached hydrogen (secondary N) is 2. The molecule has 0 atom stereocenters. The number of benzene rings is 2. The molecule has 5 heteroatoms. The van der Waals surface area contributed by atoms with Crippen molar-refractivity contribution in [2.75, 3.05) is 11.9 Å². The van der Waals surface area contributed by atoms with Crippen molar-refractivity contribution in [1.29, 1.82) is 0 Å². The highest BCUT2D eigenvalue weighted by Gasteiger charge is 2.09. The largest absolute Gasteiger partial charge is 0.352 e. The van der Waals surface area contributed by atoms with E-state index in [2.05, 4.69) is 10.6 Å². The number of rotatable bonds is 5. The van der Waals surface area contributed by atoms with Gasteiger partial charge in [0.05, 0.1) is 0 Å². The van der Waals surface area contributed by atoms with Crippen LogP contribution < -0.4 is 10.6 Å². The lowest BCUT2D eigenvalue weighted by Crippen LogP contribution is -2.24. The summed E-state index contributed by atoms with van der Waals surface area (Å²) in [6, 6.07) is 12.0. The van der Waals surface area contributed by atoms with Crippen LogP contribution in [0.3, 0.4) is 0 Å². The molecule has 22 heavy (non-hydrogen) atoms. The molecular formula is C17H17FN2O2. The van der Waals surface area contributed by atoms with Gasteiger partial charge in [0.25, 0.3) is 11.8 Å². The molecule has 0 aliphatic heterocycles. The van der Waals surface area contributed by atoms with Crippen molar-refractivity contribution in [1.82, 2.24) is 5.32 Å². The second-order valence-electron chi connectivity index (χ2n) is 4.80. The average Bonchev–Trinajstić information content (AvgIpc) is 2.52. The molecule has 0 aromatic heterocycles. The first kappa shape index (κ1) is 15.7. The molecule has 2 rings (SSSR count). The monoisotopic (exact) mass is 300 g/mol. The quantitative estimate of drug-likeness (QED) is 0.890. The first-order valence-electron chi connectivity index (χ1n) is 7.05. The van der Waals surface area contributed by atoms with E-state index in [0.717, 1.165) is 6.42 Å². The van der Waals surface area contributed by atoms with Crippen molar-refractivity contribution in [3.8, 4) is 0 Å². The van der Waals surface area contributed by atoms with Gasteiger partial charge in [0.2, 0.25) is 0 Å². The maximum atomic E-state index is 13.1. The number of hydrogen-bond donors (Lipinski definition) is 2. The summed E-state index contributed by atoms with van der Waals surface area (Å²) in [5.41, 5.74) is 1.28. The van der Waals surface area contributed by atoms with Gasteiger partial charge in [0, 0.05) is 23.4 Å². The van der Waals surface area contributed by atoms with Crippen molar-refractivity contribution in [2.24, 2.45) is 0 Å². The van der Waals surface area contributed by atoms with Gasteiger partial charge >= 0.3 is 0 Å². The van der Waals surface area contributed by atoms with Gasteiger partial charge in [0.1, 0.15) is 5.82 Å². The lowest BCUT2D eigenvalue weighted by molar-refractivity contribution is 0.0951. The third kappa shape index (κ3) is 4.15. The SMILES string of the molecule is CCCNC(=O)c1ccc(C(=O)Nc2cccc(F)c2)cc1. The Morgan fingerprint density at radius 1 is 1.00 bits per heavy atom. The molecule has 4 nitrogen and oxygen atoms in total. The minimum atomic E-state index is -0.416. The molecule has 0 bridgehead atoms. The first-order chi connectivity index (χ1) is 10.6. The molecule has 0 aliphatic carbocycles. The second-order valence-corrected chi connectivity index (χ2v) is 4.80. The van der Waals surface area contributed by atoms with Crippen LogP contribution in [-0.2, 0) is 0 Å². The van der Waals surface area contributed by atoms with Crippen LogP contribution in [0, 0.1) is 5.82 Å². The van der Waals surface area contributed by atoms with Crippen LogP contribution in [0.15, 0.2) is 48.5 Å². The van der Waals surface area contributed by atoms with E-state index in [0.29, 0.717) is 23.4 Å². The predicted molar refractivity (Wildman–Crippen MR) is 83.4 cm³/mol. The van der Waals surface area contributed by atoms with Gasteiger partial charge in [-0.2, -0.15) is 0 Å². The van der Waals surface area contributed by atoms with Gasteiger partial charge in [-0.1, -0.05) is 13.0 Å². The number of halogens is 1. The minimum absolute atomic E-state index is 0.168. The molecule has 0 saturated heterocycles. The molecule has 0 aliphatic rings. The van der Waals surface area contributed by atoms with Gasteiger partial charge in [0.15, 0.2) is 0 Å². The zero-order valence-electron chi connectivity index (χ0n) is 12.2. The van der Waals surface area contributed by atoms with Crippen LogP contribution in [0.4, 0.5) is 10.1 Å². The van der Waals surface area contributed by atoms with Gasteiger partial charge in [-0.05, 0) is 48.9 Å². The van der Waals surface area contributed by atoms with E-state index in [9.17, 15) is 14.0 Å². The molecule has 114 valence electrons. The summed E-state index contributed by atoms with van der Waals surface area (Å²) in [5, 5.41) is 5.36. The fourth-order valence-electron chi connectivity index (χ4n) is 1.88. The molecule has 0 unspecified atom stereocenters. The summed E-state index contributed by atoms with van der Waals surface area (Å²) in [6.07, 6.45) is 0.861. The summed E-state index contributed by atoms with van der Waals surface area (Å²) >= 11 is 0. The summed E-state index contributed by atoms with van der Waals surface area (Å²) in [6.45, 7) is 2.58. The Balaban J connectivity index is 2.03. The van der Waals surface area contributed by atoms with Gasteiger partial charge in [-0.3, -0.25) is 9.59 Å². The second kappa shape index (κ2) is 7.36. The smallest absolute Gasteiger partial charge is 0.255 e. The van der Waals surface area contributed by atoms with Crippen LogP contribution in [0.1, 0.15) is 34.1 Å². The molecule has 0 heterocycles. The lowest BCUT2D eigenvalue weighted by Gasteiger charge is -2.07. The zero-order chi connectivity index (χ0) is 15.9. The third-order valence-corrected chi connectivity index (χ3v) is 3.03. The van der Waals surface area contributed by atoms with E-state index in [1.54, 1.807) is 30.3 Å². The fraction of sp³-hybridized carbons (Fsp3) is 0.176. The first-order valence-corrected chi connectivity index (χ1v) is 7.05. The maximum absolute atomic E-state index is 13.1. The number of anilines is 1. The standard InChI is InChI=1S/C17H17FN2O2/c1-2-10-19-16(21)12-6-8-13(9-7-12)17(22)20-15-5-3-4-14(18)11-15/h3-9,11H,2,10H2,1H3,(H,19,21)(H,20,22). The Morgan fingerprint density at radius 2 is 1.64 bits per heavy atom. The van der Waals surface area contributed by atoms with Crippen molar-refractivity contribution < 1.29 is 14.0 Å². The van der Waals surface area contributed by atoms with E-state index >= 15 is 0 Å². The number of carbonyl (C=O) groups is 2. The summed E-state index contributed by atoms with van der Waals surface area (Å²) in [4.78, 5) is 23.8. The van der Waals surface area contributed by atoms with E-state index in [1.807, 2.05) is 6.92 Å². The van der Waals surface area contributed by atoms with E-state index in [1.165, 1.54) is 18.2 Å². The molecule has 2 aromatic rings. The highest BCUT2D eigenvalue weighted by atomic mass is 19.1. The number of amides is 2. The normalized spacial score (nSPS) is 10.1. The third-order valence-electron chi connectivity index (χ3n) is 3.03. The van der Waals surface area contributed by atoms with Crippen LogP contribution >= 0.6 is 0 Å². The Kier molecular flexibility index (Phi) is 5.25. The Bertz CT molecular complexity index is 669. The van der Waals surface area contributed by atoms with E-state index in [4.69, 9.17) is 0 Å². The van der Waals surface area contributed by atoms with Crippen molar-refractivity contribution in [2.45, 2.75) is 13.3 Å². The minimum Gasteiger partial charge on any atom is -0.352 e. The van der Waals surface area contributed by atoms with Crippen LogP contribution in [0.25, 0.3) is 0 Å². The van der Waals surface area contributed by atoms with Gasteiger partial charge in [-0.25, -0.2) is 4.39 Å². The van der Waals surface area contributed by atoms with Crippen molar-refractivity contribution in [3.05, 3.63) is 65.5 Å². The van der Waals surface area contributed by atoms with E-state index < -0.39 is 5.82 Å². The Hall–Kier alpha value is -2.69. The molecule has 0 spiro atoms. The maximum Gasteiger partial charge on any atom is 0.255 e. The summed E-state index contributed by atoms with van der Waals surface area (Å²) in [7, 11) is 0. The molecular weight excluding hydrogens is 283 g/mol. The molecule has 0 radical (unpaired) electrons. The summed E-state index contributed by atoms with van der Waals surface area (Å²) in [5.74, 6) is -0.939. The number of carbonyl (C=O) groups excluding carboxylic acids is 2. The lowest BCUT2D eigenvalue weighted by atomic mass is 10.1. The van der Waals surface area contributed by atoms with Crippen molar-refractivity contribution >= 4 is 17.5 Å². The highest BCUT2D eigenvalue weighted by Crippen LogP contribution is 2.12.